The van der Waals surface area contributed by atoms with Crippen molar-refractivity contribution in [3.05, 3.63) is 11.6 Å². The van der Waals surface area contributed by atoms with E-state index in [9.17, 15) is 13.2 Å². The first kappa shape index (κ1) is 16.2. The van der Waals surface area contributed by atoms with Crippen LogP contribution in [0.25, 0.3) is 0 Å². The first-order valence-electron chi connectivity index (χ1n) is 6.74. The lowest BCUT2D eigenvalue weighted by Crippen LogP contribution is -2.43. The smallest absolute Gasteiger partial charge is 0.249 e. The summed E-state index contributed by atoms with van der Waals surface area (Å²) in [7, 11) is -3.15. The molecule has 19 heavy (non-hydrogen) atoms. The highest BCUT2D eigenvalue weighted by molar-refractivity contribution is 7.88. The van der Waals surface area contributed by atoms with Gasteiger partial charge in [-0.25, -0.2) is 13.1 Å². The topological polar surface area (TPSA) is 66.5 Å². The Morgan fingerprint density at radius 2 is 2.16 bits per heavy atom. The molecule has 0 unspecified atom stereocenters. The molecule has 0 saturated carbocycles. The molecule has 1 fully saturated rings. The van der Waals surface area contributed by atoms with Gasteiger partial charge < -0.3 is 4.90 Å². The highest BCUT2D eigenvalue weighted by Crippen LogP contribution is 2.18. The predicted molar refractivity (Wildman–Crippen MR) is 76.2 cm³/mol. The number of likely N-dealkylation sites (tertiary alicyclic amines) is 1. The van der Waals surface area contributed by atoms with Crippen molar-refractivity contribution in [3.8, 4) is 0 Å². The van der Waals surface area contributed by atoms with Gasteiger partial charge in [-0.2, -0.15) is 0 Å². The van der Waals surface area contributed by atoms with Gasteiger partial charge in [-0.15, -0.1) is 0 Å². The molecule has 1 rings (SSSR count). The molecule has 0 bridgehead atoms. The second kappa shape index (κ2) is 7.05. The minimum absolute atomic E-state index is 0.0749. The number of sulfonamides is 1. The van der Waals surface area contributed by atoms with E-state index in [-0.39, 0.29) is 11.8 Å². The third-order valence-corrected chi connectivity index (χ3v) is 3.98. The van der Waals surface area contributed by atoms with Crippen LogP contribution in [-0.4, -0.2) is 45.1 Å². The van der Waals surface area contributed by atoms with Gasteiger partial charge in [-0.3, -0.25) is 4.79 Å². The van der Waals surface area contributed by atoms with Crippen LogP contribution in [0, 0.1) is 5.92 Å². The second-order valence-electron chi connectivity index (χ2n) is 5.18. The summed E-state index contributed by atoms with van der Waals surface area (Å²) in [6.45, 7) is 5.66. The van der Waals surface area contributed by atoms with Gasteiger partial charge >= 0.3 is 0 Å². The normalized spacial score (nSPS) is 21.5. The first-order valence-corrected chi connectivity index (χ1v) is 8.63. The largest absolute Gasteiger partial charge is 0.339 e. The van der Waals surface area contributed by atoms with Gasteiger partial charge in [0, 0.05) is 25.2 Å². The van der Waals surface area contributed by atoms with E-state index in [1.807, 2.05) is 24.8 Å². The molecular formula is C13H24N2O3S. The van der Waals surface area contributed by atoms with Crippen LogP contribution in [0.2, 0.25) is 0 Å². The average Bonchev–Trinajstić information content (AvgIpc) is 2.35. The third-order valence-electron chi connectivity index (χ3n) is 3.29. The lowest BCUT2D eigenvalue weighted by Gasteiger charge is -2.33. The summed E-state index contributed by atoms with van der Waals surface area (Å²) in [5, 5.41) is 0. The van der Waals surface area contributed by atoms with Crippen molar-refractivity contribution in [2.75, 3.05) is 25.9 Å². The Labute approximate surface area is 116 Å². The fraction of sp³-hybridized carbons (Fsp3) is 0.769. The first-order chi connectivity index (χ1) is 8.83. The molecule has 0 aliphatic carbocycles. The molecular weight excluding hydrogens is 264 g/mol. The Hall–Kier alpha value is -0.880. The molecule has 5 nitrogen and oxygen atoms in total. The van der Waals surface area contributed by atoms with Gasteiger partial charge in [0.25, 0.3) is 0 Å². The van der Waals surface area contributed by atoms with Crippen molar-refractivity contribution in [3.63, 3.8) is 0 Å². The molecule has 1 atom stereocenters. The van der Waals surface area contributed by atoms with Crippen molar-refractivity contribution in [2.24, 2.45) is 5.92 Å². The number of carbonyl (C=O) groups is 1. The van der Waals surface area contributed by atoms with Gasteiger partial charge in [0.05, 0.1) is 6.26 Å². The van der Waals surface area contributed by atoms with E-state index in [2.05, 4.69) is 4.72 Å². The van der Waals surface area contributed by atoms with Gasteiger partial charge in [0.2, 0.25) is 15.9 Å². The van der Waals surface area contributed by atoms with E-state index in [1.165, 1.54) is 0 Å². The maximum atomic E-state index is 12.2. The van der Waals surface area contributed by atoms with Gasteiger partial charge in [0.1, 0.15) is 0 Å². The Kier molecular flexibility index (Phi) is 6.00. The van der Waals surface area contributed by atoms with Crippen molar-refractivity contribution < 1.29 is 13.2 Å². The van der Waals surface area contributed by atoms with Crippen LogP contribution < -0.4 is 4.72 Å². The molecule has 1 aliphatic rings. The average molecular weight is 288 g/mol. The molecule has 110 valence electrons. The number of hydrogen-bond donors (Lipinski definition) is 1. The summed E-state index contributed by atoms with van der Waals surface area (Å²) < 4.78 is 24.7. The summed E-state index contributed by atoms with van der Waals surface area (Å²) >= 11 is 0. The number of piperidine rings is 1. The number of nitrogens with one attached hydrogen (secondary N) is 1. The fourth-order valence-electron chi connectivity index (χ4n) is 2.33. The lowest BCUT2D eigenvalue weighted by molar-refractivity contribution is -0.128. The van der Waals surface area contributed by atoms with Crippen LogP contribution in [0.15, 0.2) is 11.6 Å². The third kappa shape index (κ3) is 5.74. The highest BCUT2D eigenvalue weighted by Gasteiger charge is 2.24. The van der Waals surface area contributed by atoms with Crippen LogP contribution in [-0.2, 0) is 14.8 Å². The standard InChI is InChI=1S/C13H24N2O3S/c1-4-6-11(2)13(16)15-8-5-7-12(10-15)9-14-19(3,17)18/h6,12,14H,4-5,7-10H2,1-3H3/b11-6-/t12-/m0/s1. The summed E-state index contributed by atoms with van der Waals surface area (Å²) in [5.74, 6) is 0.285. The SMILES string of the molecule is CC/C=C(/C)C(=O)N1CCC[C@@H](CNS(C)(=O)=O)C1. The summed E-state index contributed by atoms with van der Waals surface area (Å²) in [6, 6.07) is 0. The van der Waals surface area contributed by atoms with Crippen molar-refractivity contribution >= 4 is 15.9 Å². The molecule has 6 heteroatoms. The summed E-state index contributed by atoms with van der Waals surface area (Å²) in [6.07, 6.45) is 5.84. The number of hydrogen-bond acceptors (Lipinski definition) is 3. The molecule has 1 amide bonds. The zero-order valence-electron chi connectivity index (χ0n) is 12.0. The van der Waals surface area contributed by atoms with E-state index in [1.54, 1.807) is 0 Å². The van der Waals surface area contributed by atoms with E-state index in [4.69, 9.17) is 0 Å². The Morgan fingerprint density at radius 3 is 2.74 bits per heavy atom. The minimum atomic E-state index is -3.15. The highest BCUT2D eigenvalue weighted by atomic mass is 32.2. The zero-order chi connectivity index (χ0) is 14.5. The molecule has 0 radical (unpaired) electrons. The van der Waals surface area contributed by atoms with Crippen LogP contribution in [0.3, 0.4) is 0 Å². The van der Waals surface area contributed by atoms with Crippen LogP contribution in [0.4, 0.5) is 0 Å². The quantitative estimate of drug-likeness (QED) is 0.771. The Balaban J connectivity index is 2.55. The van der Waals surface area contributed by atoms with E-state index < -0.39 is 10.0 Å². The molecule has 0 spiro atoms. The number of amides is 1. The second-order valence-corrected chi connectivity index (χ2v) is 7.01. The maximum absolute atomic E-state index is 12.2. The molecule has 1 heterocycles. The Morgan fingerprint density at radius 1 is 1.47 bits per heavy atom. The van der Waals surface area contributed by atoms with Gasteiger partial charge in [-0.1, -0.05) is 13.0 Å². The molecule has 0 aromatic heterocycles. The van der Waals surface area contributed by atoms with Crippen LogP contribution >= 0.6 is 0 Å². The number of carbonyl (C=O) groups excluding carboxylic acids is 1. The van der Waals surface area contributed by atoms with Crippen LogP contribution in [0.1, 0.15) is 33.1 Å². The van der Waals surface area contributed by atoms with E-state index in [0.29, 0.717) is 13.1 Å². The van der Waals surface area contributed by atoms with Crippen molar-refractivity contribution in [1.82, 2.24) is 9.62 Å². The zero-order valence-corrected chi connectivity index (χ0v) is 12.8. The van der Waals surface area contributed by atoms with Gasteiger partial charge in [0.15, 0.2) is 0 Å². The fourth-order valence-corrected chi connectivity index (χ4v) is 2.87. The molecule has 1 aliphatic heterocycles. The lowest BCUT2D eigenvalue weighted by atomic mass is 9.97. The van der Waals surface area contributed by atoms with Crippen molar-refractivity contribution in [1.29, 1.82) is 0 Å². The van der Waals surface area contributed by atoms with E-state index >= 15 is 0 Å². The molecule has 0 aromatic carbocycles. The summed E-state index contributed by atoms with van der Waals surface area (Å²) in [5.41, 5.74) is 0.777. The minimum Gasteiger partial charge on any atom is -0.339 e. The molecule has 1 saturated heterocycles. The van der Waals surface area contributed by atoms with Crippen molar-refractivity contribution in [2.45, 2.75) is 33.1 Å². The van der Waals surface area contributed by atoms with Crippen LogP contribution in [0.5, 0.6) is 0 Å². The molecule has 0 aromatic rings. The monoisotopic (exact) mass is 288 g/mol. The molecule has 1 N–H and O–H groups in total. The number of rotatable bonds is 5. The Bertz CT molecular complexity index is 443. The maximum Gasteiger partial charge on any atom is 0.249 e. The number of nitrogens with zero attached hydrogens (tertiary/aromatic N) is 1. The number of allylic oxidation sites excluding steroid dienone is 1. The summed E-state index contributed by atoms with van der Waals surface area (Å²) in [4.78, 5) is 14.0. The van der Waals surface area contributed by atoms with Gasteiger partial charge in [-0.05, 0) is 32.1 Å². The predicted octanol–water partition coefficient (Wildman–Crippen LogP) is 1.13. The van der Waals surface area contributed by atoms with E-state index in [0.717, 1.165) is 37.6 Å².